The Labute approximate surface area is 136 Å². The first-order valence-corrected chi connectivity index (χ1v) is 7.17. The van der Waals surface area contributed by atoms with E-state index in [4.69, 9.17) is 0 Å². The standard InChI is InChI=1S/C17H14N2O5/c20-14-9-17(24,11-6-2-4-8-13(11)18-14)16(23)19-12-7-3-1-5-10(12)15(21)22/h1-8,24H,9H2,(H,18,20)(H,19,23)(H,21,22)/t17-/m0/s1. The number of carbonyl (C=O) groups is 3. The van der Waals surface area contributed by atoms with Crippen molar-refractivity contribution in [1.82, 2.24) is 0 Å². The first-order chi connectivity index (χ1) is 11.4. The van der Waals surface area contributed by atoms with Crippen LogP contribution < -0.4 is 10.6 Å². The van der Waals surface area contributed by atoms with Gasteiger partial charge in [0.25, 0.3) is 5.91 Å². The summed E-state index contributed by atoms with van der Waals surface area (Å²) in [5.41, 5.74) is -1.53. The highest BCUT2D eigenvalue weighted by atomic mass is 16.4. The number of rotatable bonds is 3. The van der Waals surface area contributed by atoms with Gasteiger partial charge in [0.2, 0.25) is 5.91 Å². The average molecular weight is 326 g/mol. The smallest absolute Gasteiger partial charge is 0.337 e. The van der Waals surface area contributed by atoms with Crippen molar-refractivity contribution in [3.8, 4) is 0 Å². The summed E-state index contributed by atoms with van der Waals surface area (Å²) in [5.74, 6) is -2.57. The van der Waals surface area contributed by atoms with Crippen molar-refractivity contribution in [2.45, 2.75) is 12.0 Å². The van der Waals surface area contributed by atoms with E-state index in [1.54, 1.807) is 24.3 Å². The summed E-state index contributed by atoms with van der Waals surface area (Å²) < 4.78 is 0. The number of amides is 2. The van der Waals surface area contributed by atoms with Gasteiger partial charge < -0.3 is 20.8 Å². The lowest BCUT2D eigenvalue weighted by molar-refractivity contribution is -0.141. The number of hydrogen-bond acceptors (Lipinski definition) is 4. The molecule has 0 bridgehead atoms. The largest absolute Gasteiger partial charge is 0.478 e. The lowest BCUT2D eigenvalue weighted by atomic mass is 9.85. The van der Waals surface area contributed by atoms with E-state index in [9.17, 15) is 24.6 Å². The molecule has 0 spiro atoms. The molecule has 1 aliphatic rings. The van der Waals surface area contributed by atoms with Crippen LogP contribution in [0.4, 0.5) is 11.4 Å². The van der Waals surface area contributed by atoms with Crippen LogP contribution in [0.1, 0.15) is 22.3 Å². The molecule has 0 aliphatic carbocycles. The summed E-state index contributed by atoms with van der Waals surface area (Å²) in [5, 5.41) is 25.0. The molecule has 24 heavy (non-hydrogen) atoms. The molecule has 0 radical (unpaired) electrons. The quantitative estimate of drug-likeness (QED) is 0.683. The van der Waals surface area contributed by atoms with Crippen LogP contribution in [0, 0.1) is 0 Å². The average Bonchev–Trinajstić information content (AvgIpc) is 2.55. The van der Waals surface area contributed by atoms with Crippen LogP contribution in [-0.4, -0.2) is 28.0 Å². The second kappa shape index (κ2) is 5.78. The summed E-state index contributed by atoms with van der Waals surface area (Å²) in [4.78, 5) is 35.7. The monoisotopic (exact) mass is 326 g/mol. The van der Waals surface area contributed by atoms with E-state index in [2.05, 4.69) is 10.6 Å². The van der Waals surface area contributed by atoms with Gasteiger partial charge in [-0.1, -0.05) is 30.3 Å². The third-order valence-corrected chi connectivity index (χ3v) is 3.84. The van der Waals surface area contributed by atoms with Crippen LogP contribution in [0.15, 0.2) is 48.5 Å². The van der Waals surface area contributed by atoms with Gasteiger partial charge >= 0.3 is 5.97 Å². The summed E-state index contributed by atoms with van der Waals surface area (Å²) in [7, 11) is 0. The number of hydrogen-bond donors (Lipinski definition) is 4. The van der Waals surface area contributed by atoms with Gasteiger partial charge in [-0.3, -0.25) is 9.59 Å². The number of para-hydroxylation sites is 2. The molecule has 2 aromatic rings. The minimum Gasteiger partial charge on any atom is -0.478 e. The highest BCUT2D eigenvalue weighted by Gasteiger charge is 2.45. The Morgan fingerprint density at radius 2 is 1.75 bits per heavy atom. The molecule has 7 heteroatoms. The van der Waals surface area contributed by atoms with Gasteiger partial charge in [0.15, 0.2) is 5.60 Å². The molecule has 0 fully saturated rings. The van der Waals surface area contributed by atoms with Crippen molar-refractivity contribution in [2.75, 3.05) is 10.6 Å². The van der Waals surface area contributed by atoms with Crippen molar-refractivity contribution < 1.29 is 24.6 Å². The van der Waals surface area contributed by atoms with Gasteiger partial charge in [0.05, 0.1) is 17.7 Å². The Bertz CT molecular complexity index is 848. The van der Waals surface area contributed by atoms with Crippen molar-refractivity contribution in [3.63, 3.8) is 0 Å². The maximum absolute atomic E-state index is 12.6. The number of aromatic carboxylic acids is 1. The molecular formula is C17H14N2O5. The zero-order valence-corrected chi connectivity index (χ0v) is 12.4. The Kier molecular flexibility index (Phi) is 3.78. The number of carboxylic acids is 1. The molecule has 0 saturated carbocycles. The molecule has 0 aromatic heterocycles. The second-order valence-corrected chi connectivity index (χ2v) is 5.44. The predicted octanol–water partition coefficient (Wildman–Crippen LogP) is 1.55. The molecule has 122 valence electrons. The molecule has 1 heterocycles. The summed E-state index contributed by atoms with van der Waals surface area (Å²) in [6, 6.07) is 12.3. The number of fused-ring (bicyclic) bond motifs is 1. The topological polar surface area (TPSA) is 116 Å². The lowest BCUT2D eigenvalue weighted by Crippen LogP contribution is -2.46. The van der Waals surface area contributed by atoms with Gasteiger partial charge in [-0.2, -0.15) is 0 Å². The Morgan fingerprint density at radius 1 is 1.08 bits per heavy atom. The van der Waals surface area contributed by atoms with Crippen molar-refractivity contribution in [2.24, 2.45) is 0 Å². The normalized spacial score (nSPS) is 19.1. The van der Waals surface area contributed by atoms with Gasteiger partial charge in [-0.05, 0) is 18.2 Å². The maximum Gasteiger partial charge on any atom is 0.337 e. The molecule has 0 saturated heterocycles. The van der Waals surface area contributed by atoms with E-state index in [-0.39, 0.29) is 16.8 Å². The van der Waals surface area contributed by atoms with Crippen LogP contribution >= 0.6 is 0 Å². The highest BCUT2D eigenvalue weighted by molar-refractivity contribution is 6.08. The third-order valence-electron chi connectivity index (χ3n) is 3.84. The van der Waals surface area contributed by atoms with Gasteiger partial charge in [-0.15, -0.1) is 0 Å². The van der Waals surface area contributed by atoms with E-state index in [1.165, 1.54) is 24.3 Å². The number of carbonyl (C=O) groups excluding carboxylic acids is 2. The zero-order valence-electron chi connectivity index (χ0n) is 12.4. The Balaban J connectivity index is 1.99. The van der Waals surface area contributed by atoms with E-state index in [0.717, 1.165) is 0 Å². The van der Waals surface area contributed by atoms with Crippen molar-refractivity contribution in [1.29, 1.82) is 0 Å². The molecule has 2 aromatic carbocycles. The van der Waals surface area contributed by atoms with Crippen LogP contribution in [0.25, 0.3) is 0 Å². The molecule has 7 nitrogen and oxygen atoms in total. The number of carboxylic acid groups (broad SMARTS) is 1. The predicted molar refractivity (Wildman–Crippen MR) is 85.6 cm³/mol. The van der Waals surface area contributed by atoms with Gasteiger partial charge in [-0.25, -0.2) is 4.79 Å². The molecule has 1 aliphatic heterocycles. The summed E-state index contributed by atoms with van der Waals surface area (Å²) >= 11 is 0. The zero-order chi connectivity index (χ0) is 17.3. The SMILES string of the molecule is O=C1C[C@@](O)(C(=O)Nc2ccccc2C(=O)O)c2ccccc2N1. The highest BCUT2D eigenvalue weighted by Crippen LogP contribution is 2.36. The van der Waals surface area contributed by atoms with E-state index >= 15 is 0 Å². The van der Waals surface area contributed by atoms with Gasteiger partial charge in [0.1, 0.15) is 0 Å². The van der Waals surface area contributed by atoms with Crippen LogP contribution in [0.3, 0.4) is 0 Å². The minimum atomic E-state index is -2.08. The maximum atomic E-state index is 12.6. The van der Waals surface area contributed by atoms with Gasteiger partial charge in [0, 0.05) is 11.3 Å². The number of benzene rings is 2. The molecule has 3 rings (SSSR count). The molecule has 2 amide bonds. The van der Waals surface area contributed by atoms with E-state index in [0.29, 0.717) is 5.69 Å². The van der Waals surface area contributed by atoms with Crippen LogP contribution in [-0.2, 0) is 15.2 Å². The fraction of sp³-hybridized carbons (Fsp3) is 0.118. The van der Waals surface area contributed by atoms with Crippen molar-refractivity contribution >= 4 is 29.2 Å². The number of aliphatic hydroxyl groups is 1. The molecule has 4 N–H and O–H groups in total. The van der Waals surface area contributed by atoms with Crippen LogP contribution in [0.5, 0.6) is 0 Å². The fourth-order valence-corrected chi connectivity index (χ4v) is 2.68. The molecular weight excluding hydrogens is 312 g/mol. The first-order valence-electron chi connectivity index (χ1n) is 7.17. The third kappa shape index (κ3) is 2.61. The number of anilines is 2. The second-order valence-electron chi connectivity index (χ2n) is 5.44. The summed E-state index contributed by atoms with van der Waals surface area (Å²) in [6.45, 7) is 0. The first kappa shape index (κ1) is 15.7. The molecule has 1 atom stereocenters. The lowest BCUT2D eigenvalue weighted by Gasteiger charge is -2.32. The van der Waals surface area contributed by atoms with Crippen molar-refractivity contribution in [3.05, 3.63) is 59.7 Å². The summed E-state index contributed by atoms with van der Waals surface area (Å²) in [6.07, 6.45) is -0.453. The van der Waals surface area contributed by atoms with E-state index < -0.39 is 29.8 Å². The minimum absolute atomic E-state index is 0.0480. The van der Waals surface area contributed by atoms with E-state index in [1.807, 2.05) is 0 Å². The van der Waals surface area contributed by atoms with Crippen LogP contribution in [0.2, 0.25) is 0 Å². The molecule has 0 unspecified atom stereocenters. The Morgan fingerprint density at radius 3 is 2.50 bits per heavy atom. The Hall–Kier alpha value is -3.19. The number of nitrogens with one attached hydrogen (secondary N) is 2. The fourth-order valence-electron chi connectivity index (χ4n) is 2.68.